The Morgan fingerprint density at radius 2 is 1.89 bits per heavy atom. The molecule has 0 bridgehead atoms. The van der Waals surface area contributed by atoms with Crippen molar-refractivity contribution in [2.75, 3.05) is 26.5 Å². The number of amides is 1. The molecule has 1 aromatic heterocycles. The number of benzene rings is 1. The number of rotatable bonds is 2. The number of carboxylic acid groups (broad SMARTS) is 1. The van der Waals surface area contributed by atoms with Crippen LogP contribution in [0.5, 0.6) is 11.5 Å². The van der Waals surface area contributed by atoms with Gasteiger partial charge in [0, 0.05) is 30.0 Å². The molecular formula is C20H19NO6S. The van der Waals surface area contributed by atoms with E-state index in [1.165, 1.54) is 11.3 Å². The number of hydrogen-bond acceptors (Lipinski definition) is 6. The van der Waals surface area contributed by atoms with Gasteiger partial charge < -0.3 is 24.2 Å². The van der Waals surface area contributed by atoms with Gasteiger partial charge in [-0.05, 0) is 42.7 Å². The van der Waals surface area contributed by atoms with E-state index in [4.69, 9.17) is 14.2 Å². The lowest BCUT2D eigenvalue weighted by atomic mass is 9.82. The maximum absolute atomic E-state index is 12.9. The van der Waals surface area contributed by atoms with Gasteiger partial charge in [-0.2, -0.15) is 0 Å². The first-order chi connectivity index (χ1) is 13.6. The molecule has 2 aromatic rings. The first-order valence-corrected chi connectivity index (χ1v) is 10.1. The summed E-state index contributed by atoms with van der Waals surface area (Å²) in [5, 5.41) is 9.33. The predicted octanol–water partition coefficient (Wildman–Crippen LogP) is 2.88. The molecule has 0 aliphatic carbocycles. The van der Waals surface area contributed by atoms with Crippen LogP contribution in [0, 0.1) is 0 Å². The lowest BCUT2D eigenvalue weighted by molar-refractivity contribution is -0.0926. The van der Waals surface area contributed by atoms with Crippen LogP contribution >= 0.6 is 11.3 Å². The van der Waals surface area contributed by atoms with Gasteiger partial charge in [-0.25, -0.2) is 4.79 Å². The third kappa shape index (κ3) is 2.75. The maximum atomic E-state index is 12.9. The second-order valence-electron chi connectivity index (χ2n) is 7.21. The molecule has 28 heavy (non-hydrogen) atoms. The minimum absolute atomic E-state index is 0.0410. The van der Waals surface area contributed by atoms with Crippen molar-refractivity contribution in [2.45, 2.75) is 24.9 Å². The zero-order chi connectivity index (χ0) is 19.3. The molecule has 1 amide bonds. The molecular weight excluding hydrogens is 382 g/mol. The van der Waals surface area contributed by atoms with E-state index in [1.807, 2.05) is 4.90 Å². The topological polar surface area (TPSA) is 85.3 Å². The Labute approximate surface area is 165 Å². The Kier molecular flexibility index (Phi) is 4.06. The second-order valence-corrected chi connectivity index (χ2v) is 8.34. The third-order valence-corrected chi connectivity index (χ3v) is 6.88. The monoisotopic (exact) mass is 401 g/mol. The molecule has 0 saturated carbocycles. The quantitative estimate of drug-likeness (QED) is 0.833. The summed E-state index contributed by atoms with van der Waals surface area (Å²) in [6, 6.07) is 7.00. The number of carbonyl (C=O) groups excluding carboxylic acids is 1. The standard InChI is InChI=1S/C20H19NO6S/c22-18(12-1-2-14-15(9-12)26-11-25-14)21-6-4-20(5-7-21)13-10-17(19(23)24)28-16(13)3-8-27-20/h1-2,9-10H,3-8,11H2,(H,23,24). The lowest BCUT2D eigenvalue weighted by Crippen LogP contribution is -2.48. The highest BCUT2D eigenvalue weighted by atomic mass is 32.1. The summed E-state index contributed by atoms with van der Waals surface area (Å²) in [5.41, 5.74) is 1.09. The summed E-state index contributed by atoms with van der Waals surface area (Å²) < 4.78 is 16.8. The second kappa shape index (κ2) is 6.49. The number of piperidine rings is 1. The summed E-state index contributed by atoms with van der Waals surface area (Å²) in [6.45, 7) is 1.89. The summed E-state index contributed by atoms with van der Waals surface area (Å²) in [4.78, 5) is 27.6. The first-order valence-electron chi connectivity index (χ1n) is 9.25. The lowest BCUT2D eigenvalue weighted by Gasteiger charge is -2.44. The Hall–Kier alpha value is -2.58. The third-order valence-electron chi connectivity index (χ3n) is 5.70. The highest BCUT2D eigenvalue weighted by molar-refractivity contribution is 7.14. The Morgan fingerprint density at radius 1 is 1.11 bits per heavy atom. The van der Waals surface area contributed by atoms with Crippen LogP contribution in [0.3, 0.4) is 0 Å². The van der Waals surface area contributed by atoms with E-state index in [-0.39, 0.29) is 12.7 Å². The van der Waals surface area contributed by atoms with E-state index in [9.17, 15) is 14.7 Å². The van der Waals surface area contributed by atoms with Gasteiger partial charge in [0.15, 0.2) is 11.5 Å². The molecule has 7 nitrogen and oxygen atoms in total. The number of hydrogen-bond donors (Lipinski definition) is 1. The minimum atomic E-state index is -0.898. The van der Waals surface area contributed by atoms with Crippen LogP contribution in [0.15, 0.2) is 24.3 Å². The molecule has 1 N–H and O–H groups in total. The molecule has 1 saturated heterocycles. The van der Waals surface area contributed by atoms with Crippen molar-refractivity contribution in [3.05, 3.63) is 45.1 Å². The van der Waals surface area contributed by atoms with E-state index >= 15 is 0 Å². The van der Waals surface area contributed by atoms with Crippen LogP contribution in [0.2, 0.25) is 0 Å². The number of nitrogens with zero attached hydrogens (tertiary/aromatic N) is 1. The summed E-state index contributed by atoms with van der Waals surface area (Å²) in [7, 11) is 0. The van der Waals surface area contributed by atoms with Crippen LogP contribution in [0.4, 0.5) is 0 Å². The normalized spacial score (nSPS) is 19.5. The van der Waals surface area contributed by atoms with Gasteiger partial charge >= 0.3 is 5.97 Å². The minimum Gasteiger partial charge on any atom is -0.477 e. The molecule has 1 spiro atoms. The Bertz CT molecular complexity index is 960. The van der Waals surface area contributed by atoms with Crippen molar-refractivity contribution in [3.8, 4) is 11.5 Å². The smallest absolute Gasteiger partial charge is 0.345 e. The van der Waals surface area contributed by atoms with Gasteiger partial charge in [0.2, 0.25) is 6.79 Å². The van der Waals surface area contributed by atoms with Crippen LogP contribution in [-0.2, 0) is 16.8 Å². The fraction of sp³-hybridized carbons (Fsp3) is 0.400. The molecule has 5 rings (SSSR count). The zero-order valence-electron chi connectivity index (χ0n) is 15.1. The average Bonchev–Trinajstić information content (AvgIpc) is 3.35. The van der Waals surface area contributed by atoms with Crippen LogP contribution in [0.1, 0.15) is 43.3 Å². The molecule has 3 aliphatic rings. The number of carboxylic acids is 1. The zero-order valence-corrected chi connectivity index (χ0v) is 15.9. The number of likely N-dealkylation sites (tertiary alicyclic amines) is 1. The number of thiophene rings is 1. The highest BCUT2D eigenvalue weighted by Gasteiger charge is 2.43. The number of ether oxygens (including phenoxy) is 3. The van der Waals surface area contributed by atoms with Crippen LogP contribution in [-0.4, -0.2) is 48.4 Å². The van der Waals surface area contributed by atoms with Gasteiger partial charge in [0.1, 0.15) is 4.88 Å². The fourth-order valence-corrected chi connectivity index (χ4v) is 5.29. The summed E-state index contributed by atoms with van der Waals surface area (Å²) in [5.74, 6) is 0.314. The van der Waals surface area contributed by atoms with Crippen molar-refractivity contribution in [1.29, 1.82) is 0 Å². The Morgan fingerprint density at radius 3 is 2.68 bits per heavy atom. The Balaban J connectivity index is 1.34. The molecule has 1 fully saturated rings. The molecule has 0 unspecified atom stereocenters. The summed E-state index contributed by atoms with van der Waals surface area (Å²) in [6.07, 6.45) is 2.06. The molecule has 0 atom stereocenters. The van der Waals surface area contributed by atoms with E-state index < -0.39 is 11.6 Å². The van der Waals surface area contributed by atoms with E-state index in [2.05, 4.69) is 0 Å². The fourth-order valence-electron chi connectivity index (χ4n) is 4.22. The average molecular weight is 401 g/mol. The predicted molar refractivity (Wildman–Crippen MR) is 100 cm³/mol. The molecule has 4 heterocycles. The van der Waals surface area contributed by atoms with E-state index in [1.54, 1.807) is 24.3 Å². The van der Waals surface area contributed by atoms with Gasteiger partial charge in [0.05, 0.1) is 12.2 Å². The molecule has 0 radical (unpaired) electrons. The largest absolute Gasteiger partial charge is 0.477 e. The molecule has 1 aromatic carbocycles. The van der Waals surface area contributed by atoms with Crippen LogP contribution < -0.4 is 9.47 Å². The van der Waals surface area contributed by atoms with E-state index in [0.29, 0.717) is 54.5 Å². The molecule has 146 valence electrons. The van der Waals surface area contributed by atoms with Crippen molar-refractivity contribution in [2.24, 2.45) is 0 Å². The van der Waals surface area contributed by atoms with E-state index in [0.717, 1.165) is 16.9 Å². The van der Waals surface area contributed by atoms with Crippen molar-refractivity contribution >= 4 is 23.2 Å². The maximum Gasteiger partial charge on any atom is 0.345 e. The number of fused-ring (bicyclic) bond motifs is 3. The van der Waals surface area contributed by atoms with Gasteiger partial charge in [-0.3, -0.25) is 4.79 Å². The van der Waals surface area contributed by atoms with Crippen molar-refractivity contribution < 1.29 is 28.9 Å². The number of carbonyl (C=O) groups is 2. The van der Waals surface area contributed by atoms with Gasteiger partial charge in [-0.15, -0.1) is 11.3 Å². The highest BCUT2D eigenvalue weighted by Crippen LogP contribution is 2.45. The first kappa shape index (κ1) is 17.5. The van der Waals surface area contributed by atoms with Crippen molar-refractivity contribution in [1.82, 2.24) is 4.90 Å². The number of aromatic carboxylic acids is 1. The van der Waals surface area contributed by atoms with Gasteiger partial charge in [0.25, 0.3) is 5.91 Å². The van der Waals surface area contributed by atoms with Crippen LogP contribution in [0.25, 0.3) is 0 Å². The SMILES string of the molecule is O=C(O)c1cc2c(s1)CCOC21CCN(C(=O)c2ccc3c(c2)OCO3)CC1. The van der Waals surface area contributed by atoms with Crippen molar-refractivity contribution in [3.63, 3.8) is 0 Å². The summed E-state index contributed by atoms with van der Waals surface area (Å²) >= 11 is 1.34. The molecule has 3 aliphatic heterocycles. The molecule has 8 heteroatoms. The van der Waals surface area contributed by atoms with Gasteiger partial charge in [-0.1, -0.05) is 0 Å².